The van der Waals surface area contributed by atoms with Crippen LogP contribution < -0.4 is 22.1 Å². The lowest BCUT2D eigenvalue weighted by molar-refractivity contribution is 0.594. The van der Waals surface area contributed by atoms with Crippen molar-refractivity contribution in [2.75, 3.05) is 35.2 Å². The second-order valence-electron chi connectivity index (χ2n) is 7.44. The van der Waals surface area contributed by atoms with Gasteiger partial charge < -0.3 is 22.1 Å². The van der Waals surface area contributed by atoms with Gasteiger partial charge in [-0.2, -0.15) is 0 Å². The Bertz CT molecular complexity index is 830. The van der Waals surface area contributed by atoms with E-state index in [1.54, 1.807) is 12.1 Å². The molecule has 0 bridgehead atoms. The number of nitrogens with one attached hydrogen (secondary N) is 2. The van der Waals surface area contributed by atoms with Crippen LogP contribution in [-0.4, -0.2) is 21.5 Å². The third-order valence-electron chi connectivity index (χ3n) is 4.70. The molecule has 2 rings (SSSR count). The predicted molar refractivity (Wildman–Crippen MR) is 125 cm³/mol. The maximum atomic E-state index is 12.7. The number of hydrogen-bond acceptors (Lipinski definition) is 6. The molecule has 0 saturated heterocycles. The zero-order valence-electron chi connectivity index (χ0n) is 17.5. The monoisotopic (exact) mass is 418 g/mol. The van der Waals surface area contributed by atoms with Crippen molar-refractivity contribution < 1.29 is 8.42 Å². The number of sulfone groups is 1. The summed E-state index contributed by atoms with van der Waals surface area (Å²) in [6.45, 7) is 5.96. The molecule has 0 aliphatic carbocycles. The normalized spacial score (nSPS) is 11.4. The van der Waals surface area contributed by atoms with Crippen LogP contribution in [0.4, 0.5) is 22.7 Å². The summed E-state index contributed by atoms with van der Waals surface area (Å²) in [5.41, 5.74) is 16.4. The molecule has 0 radical (unpaired) electrons. The largest absolute Gasteiger partial charge is 0.397 e. The number of unbranched alkanes of at least 4 members (excludes halogenated alkanes) is 2. The Morgan fingerprint density at radius 1 is 0.759 bits per heavy atom. The Hall–Kier alpha value is -2.41. The van der Waals surface area contributed by atoms with E-state index in [1.165, 1.54) is 0 Å². The molecule has 2 aromatic carbocycles. The molecule has 0 fully saturated rings. The van der Waals surface area contributed by atoms with Crippen molar-refractivity contribution in [3.8, 4) is 0 Å². The summed E-state index contributed by atoms with van der Waals surface area (Å²) in [4.78, 5) is 0. The van der Waals surface area contributed by atoms with Gasteiger partial charge in [-0.15, -0.1) is 0 Å². The molecule has 0 aliphatic heterocycles. The van der Waals surface area contributed by atoms with Crippen molar-refractivity contribution in [2.24, 2.45) is 0 Å². The molecule has 7 heteroatoms. The topological polar surface area (TPSA) is 110 Å². The maximum absolute atomic E-state index is 12.7. The number of nitrogens with two attached hydrogens (primary N) is 2. The van der Waals surface area contributed by atoms with E-state index in [0.717, 1.165) is 50.1 Å². The van der Waals surface area contributed by atoms with Gasteiger partial charge in [0.2, 0.25) is 0 Å². The second-order valence-corrected chi connectivity index (χ2v) is 9.50. The van der Waals surface area contributed by atoms with Crippen LogP contribution in [0.1, 0.15) is 50.7 Å². The first-order chi connectivity index (χ1) is 13.8. The molecule has 0 atom stereocenters. The van der Waals surface area contributed by atoms with Gasteiger partial charge in [-0.3, -0.25) is 0 Å². The van der Waals surface area contributed by atoms with Crippen LogP contribution in [0.15, 0.2) is 36.4 Å². The van der Waals surface area contributed by atoms with Gasteiger partial charge in [0.1, 0.15) is 0 Å². The first-order valence-electron chi connectivity index (χ1n) is 10.3. The molecule has 0 saturated carbocycles. The number of hydrogen-bond donors (Lipinski definition) is 4. The van der Waals surface area contributed by atoms with Crippen molar-refractivity contribution in [3.05, 3.63) is 47.5 Å². The van der Waals surface area contributed by atoms with Crippen LogP contribution in [0.25, 0.3) is 0 Å². The van der Waals surface area contributed by atoms with E-state index < -0.39 is 9.84 Å². The third-order valence-corrected chi connectivity index (χ3v) is 6.24. The molecule has 0 spiro atoms. The highest BCUT2D eigenvalue weighted by Gasteiger charge is 2.15. The van der Waals surface area contributed by atoms with Gasteiger partial charge in [-0.05, 0) is 48.2 Å². The number of benzene rings is 2. The smallest absolute Gasteiger partial charge is 0.158 e. The summed E-state index contributed by atoms with van der Waals surface area (Å²) in [7, 11) is -3.34. The fourth-order valence-corrected chi connectivity index (χ4v) is 4.56. The quantitative estimate of drug-likeness (QED) is 0.300. The van der Waals surface area contributed by atoms with Gasteiger partial charge >= 0.3 is 0 Å². The minimum absolute atomic E-state index is 0.0527. The molecular formula is C22H34N4O2S. The van der Waals surface area contributed by atoms with Gasteiger partial charge in [0.25, 0.3) is 0 Å². The molecule has 0 aliphatic rings. The van der Waals surface area contributed by atoms with Gasteiger partial charge in [-0.1, -0.05) is 38.8 Å². The summed E-state index contributed by atoms with van der Waals surface area (Å²) in [6.07, 6.45) is 4.32. The molecule has 6 nitrogen and oxygen atoms in total. The van der Waals surface area contributed by atoms with Crippen LogP contribution in [0.5, 0.6) is 0 Å². The fourth-order valence-electron chi connectivity index (χ4n) is 3.08. The van der Waals surface area contributed by atoms with Gasteiger partial charge in [0.15, 0.2) is 9.84 Å². The molecule has 0 aromatic heterocycles. The standard InChI is InChI=1S/C22H34N4O2S/c1-3-5-11-25-21-9-7-17(13-19(21)23)15-29(27,28)16-18-8-10-22(20(24)14-18)26-12-6-4-2/h7-10,13-14,25-26H,3-6,11-12,15-16,23-24H2,1-2H3. The minimum atomic E-state index is -3.34. The van der Waals surface area contributed by atoms with E-state index in [2.05, 4.69) is 24.5 Å². The van der Waals surface area contributed by atoms with E-state index in [4.69, 9.17) is 11.5 Å². The zero-order valence-corrected chi connectivity index (χ0v) is 18.3. The minimum Gasteiger partial charge on any atom is -0.397 e. The zero-order chi connectivity index (χ0) is 21.3. The predicted octanol–water partition coefficient (Wildman–Crippen LogP) is 4.39. The summed E-state index contributed by atoms with van der Waals surface area (Å²) >= 11 is 0. The van der Waals surface area contributed by atoms with Crippen LogP contribution in [0.3, 0.4) is 0 Å². The average Bonchev–Trinajstić information content (AvgIpc) is 2.65. The van der Waals surface area contributed by atoms with Crippen molar-refractivity contribution in [1.29, 1.82) is 0 Å². The maximum Gasteiger partial charge on any atom is 0.158 e. The van der Waals surface area contributed by atoms with Crippen LogP contribution in [0.2, 0.25) is 0 Å². The van der Waals surface area contributed by atoms with Crippen LogP contribution in [0, 0.1) is 0 Å². The average molecular weight is 419 g/mol. The molecule has 0 unspecified atom stereocenters. The summed E-state index contributed by atoms with van der Waals surface area (Å²) < 4.78 is 25.3. The molecule has 160 valence electrons. The first-order valence-corrected chi connectivity index (χ1v) is 12.1. The highest BCUT2D eigenvalue weighted by molar-refractivity contribution is 7.89. The van der Waals surface area contributed by atoms with Gasteiger partial charge in [0, 0.05) is 13.1 Å². The molecule has 6 N–H and O–H groups in total. The second kappa shape index (κ2) is 11.0. The van der Waals surface area contributed by atoms with Crippen molar-refractivity contribution >= 4 is 32.6 Å². The molecule has 29 heavy (non-hydrogen) atoms. The molecule has 2 aromatic rings. The van der Waals surface area contributed by atoms with E-state index in [0.29, 0.717) is 22.5 Å². The molecular weight excluding hydrogens is 384 g/mol. The first kappa shape index (κ1) is 22.9. The lowest BCUT2D eigenvalue weighted by atomic mass is 10.2. The van der Waals surface area contributed by atoms with Crippen molar-refractivity contribution in [3.63, 3.8) is 0 Å². The number of anilines is 4. The van der Waals surface area contributed by atoms with Gasteiger partial charge in [-0.25, -0.2) is 8.42 Å². The van der Waals surface area contributed by atoms with E-state index in [-0.39, 0.29) is 11.5 Å². The van der Waals surface area contributed by atoms with Crippen molar-refractivity contribution in [2.45, 2.75) is 51.0 Å². The number of nitrogen functional groups attached to an aromatic ring is 2. The van der Waals surface area contributed by atoms with Gasteiger partial charge in [0.05, 0.1) is 34.3 Å². The fraction of sp³-hybridized carbons (Fsp3) is 0.455. The Balaban J connectivity index is 2.01. The van der Waals surface area contributed by atoms with Crippen LogP contribution in [-0.2, 0) is 21.3 Å². The lowest BCUT2D eigenvalue weighted by Gasteiger charge is -2.12. The Morgan fingerprint density at radius 2 is 1.17 bits per heavy atom. The van der Waals surface area contributed by atoms with E-state index in [1.807, 2.05) is 24.3 Å². The number of rotatable bonds is 12. The van der Waals surface area contributed by atoms with Crippen LogP contribution >= 0.6 is 0 Å². The van der Waals surface area contributed by atoms with E-state index >= 15 is 0 Å². The SMILES string of the molecule is CCCCNc1ccc(CS(=O)(=O)Cc2ccc(NCCCC)c(N)c2)cc1N. The Morgan fingerprint density at radius 3 is 1.52 bits per heavy atom. The lowest BCUT2D eigenvalue weighted by Crippen LogP contribution is -2.10. The summed E-state index contributed by atoms with van der Waals surface area (Å²) in [6, 6.07) is 10.8. The Kier molecular flexibility index (Phi) is 8.64. The molecule has 0 amide bonds. The summed E-state index contributed by atoms with van der Waals surface area (Å²) in [5.74, 6) is -0.105. The molecule has 0 heterocycles. The summed E-state index contributed by atoms with van der Waals surface area (Å²) in [5, 5.41) is 6.56. The van der Waals surface area contributed by atoms with E-state index in [9.17, 15) is 8.42 Å². The van der Waals surface area contributed by atoms with Crippen molar-refractivity contribution in [1.82, 2.24) is 0 Å². The highest BCUT2D eigenvalue weighted by Crippen LogP contribution is 2.24. The highest BCUT2D eigenvalue weighted by atomic mass is 32.2. The Labute approximate surface area is 175 Å². The third kappa shape index (κ3) is 7.49.